The third-order valence-corrected chi connectivity index (χ3v) is 5.74. The third-order valence-electron chi connectivity index (χ3n) is 4.83. The molecule has 0 unspecified atom stereocenters. The zero-order chi connectivity index (χ0) is 18.2. The molecular weight excluding hydrogens is 364 g/mol. The summed E-state index contributed by atoms with van der Waals surface area (Å²) in [6, 6.07) is 11.5. The van der Waals surface area contributed by atoms with Crippen molar-refractivity contribution < 1.29 is 14.3 Å². The van der Waals surface area contributed by atoms with Crippen LogP contribution in [-0.2, 0) is 0 Å². The van der Waals surface area contributed by atoms with Gasteiger partial charge >= 0.3 is 0 Å². The number of nitrogens with one attached hydrogen (secondary N) is 2. The van der Waals surface area contributed by atoms with Crippen LogP contribution in [0.3, 0.4) is 0 Å². The van der Waals surface area contributed by atoms with Crippen LogP contribution in [0.2, 0.25) is 0 Å². The molecule has 0 saturated carbocycles. The van der Waals surface area contributed by atoms with E-state index in [0.29, 0.717) is 17.1 Å². The number of hydrogen-bond donors (Lipinski definition) is 2. The van der Waals surface area contributed by atoms with E-state index in [4.69, 9.17) is 9.47 Å². The summed E-state index contributed by atoms with van der Waals surface area (Å²) >= 11 is 1.68. The van der Waals surface area contributed by atoms with E-state index in [1.165, 1.54) is 4.88 Å². The number of hydrogen-bond acceptors (Lipinski definition) is 6. The van der Waals surface area contributed by atoms with Gasteiger partial charge in [0.05, 0.1) is 10.6 Å². The summed E-state index contributed by atoms with van der Waals surface area (Å²) in [4.78, 5) is 15.9. The first-order valence-corrected chi connectivity index (χ1v) is 9.69. The lowest BCUT2D eigenvalue weighted by molar-refractivity contribution is 0.0940. The lowest BCUT2D eigenvalue weighted by atomic mass is 10.1. The molecule has 0 aliphatic carbocycles. The minimum Gasteiger partial charge on any atom is -0.454 e. The zero-order valence-electron chi connectivity index (χ0n) is 14.5. The Balaban J connectivity index is 1.23. The minimum atomic E-state index is -0.0959. The van der Waals surface area contributed by atoms with Gasteiger partial charge in [-0.25, -0.2) is 0 Å². The number of ether oxygens (including phenoxy) is 2. The molecule has 3 aromatic rings. The van der Waals surface area contributed by atoms with Gasteiger partial charge in [0.15, 0.2) is 17.3 Å². The second kappa shape index (κ2) is 6.62. The highest BCUT2D eigenvalue weighted by Gasteiger charge is 2.26. The molecule has 1 amide bonds. The normalized spacial score (nSPS) is 18.1. The van der Waals surface area contributed by atoms with E-state index in [0.717, 1.165) is 31.0 Å². The molecule has 1 aromatic carbocycles. The fourth-order valence-corrected chi connectivity index (χ4v) is 4.12. The lowest BCUT2D eigenvalue weighted by Crippen LogP contribution is -2.37. The number of thiophene rings is 1. The topological polar surface area (TPSA) is 79.5 Å². The van der Waals surface area contributed by atoms with Crippen molar-refractivity contribution in [1.29, 1.82) is 0 Å². The summed E-state index contributed by atoms with van der Waals surface area (Å²) in [6.45, 7) is 1.81. The zero-order valence-corrected chi connectivity index (χ0v) is 15.3. The van der Waals surface area contributed by atoms with Crippen molar-refractivity contribution in [2.75, 3.05) is 24.8 Å². The Labute approximate surface area is 159 Å². The number of anilines is 1. The van der Waals surface area contributed by atoms with Crippen LogP contribution in [0, 0.1) is 0 Å². The molecule has 27 heavy (non-hydrogen) atoms. The van der Waals surface area contributed by atoms with E-state index in [1.807, 2.05) is 11.4 Å². The number of fused-ring (bicyclic) bond motifs is 1. The summed E-state index contributed by atoms with van der Waals surface area (Å²) < 4.78 is 10.6. The van der Waals surface area contributed by atoms with Gasteiger partial charge in [-0.1, -0.05) is 6.07 Å². The predicted octanol–water partition coefficient (Wildman–Crippen LogP) is 2.88. The van der Waals surface area contributed by atoms with Crippen molar-refractivity contribution in [2.45, 2.75) is 12.5 Å². The van der Waals surface area contributed by atoms with E-state index < -0.39 is 0 Å². The van der Waals surface area contributed by atoms with E-state index in [2.05, 4.69) is 32.5 Å². The Bertz CT molecular complexity index is 969. The number of aromatic nitrogens is 2. The van der Waals surface area contributed by atoms with Gasteiger partial charge in [-0.15, -0.1) is 11.3 Å². The highest BCUT2D eigenvalue weighted by atomic mass is 32.1. The molecule has 2 aromatic heterocycles. The van der Waals surface area contributed by atoms with Crippen molar-refractivity contribution in [1.82, 2.24) is 15.5 Å². The molecule has 5 rings (SSSR count). The van der Waals surface area contributed by atoms with Crippen molar-refractivity contribution >= 4 is 23.1 Å². The number of benzene rings is 1. The van der Waals surface area contributed by atoms with Crippen LogP contribution < -0.4 is 19.7 Å². The molecule has 1 fully saturated rings. The van der Waals surface area contributed by atoms with Crippen LogP contribution in [0.5, 0.6) is 11.5 Å². The number of rotatable bonds is 4. The molecule has 1 saturated heterocycles. The van der Waals surface area contributed by atoms with Gasteiger partial charge in [-0.2, -0.15) is 5.10 Å². The number of H-pyrrole nitrogens is 1. The van der Waals surface area contributed by atoms with E-state index in [9.17, 15) is 4.79 Å². The molecule has 1 atom stereocenters. The van der Waals surface area contributed by atoms with Crippen LogP contribution >= 0.6 is 11.3 Å². The minimum absolute atomic E-state index is 0.0878. The molecule has 4 heterocycles. The summed E-state index contributed by atoms with van der Waals surface area (Å²) in [5.74, 6) is 2.12. The summed E-state index contributed by atoms with van der Waals surface area (Å²) in [6.07, 6.45) is 0.886. The van der Waals surface area contributed by atoms with Gasteiger partial charge in [-0.3, -0.25) is 9.89 Å². The third kappa shape index (κ3) is 3.12. The Morgan fingerprint density at radius 2 is 2.19 bits per heavy atom. The lowest BCUT2D eigenvalue weighted by Gasteiger charge is -2.16. The molecule has 0 spiro atoms. The second-order valence-electron chi connectivity index (χ2n) is 6.59. The first-order valence-electron chi connectivity index (χ1n) is 8.81. The molecule has 0 radical (unpaired) electrons. The van der Waals surface area contributed by atoms with Gasteiger partial charge in [0.2, 0.25) is 6.79 Å². The van der Waals surface area contributed by atoms with E-state index in [1.54, 1.807) is 29.5 Å². The number of aromatic amines is 1. The molecule has 2 N–H and O–H groups in total. The molecular formula is C19H18N4O3S. The number of nitrogens with zero attached hydrogens (tertiary/aromatic N) is 2. The summed E-state index contributed by atoms with van der Waals surface area (Å²) in [5, 5.41) is 12.7. The molecule has 138 valence electrons. The summed E-state index contributed by atoms with van der Waals surface area (Å²) in [7, 11) is 0. The van der Waals surface area contributed by atoms with Crippen LogP contribution in [0.25, 0.3) is 10.6 Å². The van der Waals surface area contributed by atoms with Gasteiger partial charge in [0, 0.05) is 30.8 Å². The molecule has 0 bridgehead atoms. The maximum absolute atomic E-state index is 12.6. The highest BCUT2D eigenvalue weighted by molar-refractivity contribution is 7.13. The fraction of sp³-hybridized carbons (Fsp3) is 0.263. The quantitative estimate of drug-likeness (QED) is 0.725. The maximum Gasteiger partial charge on any atom is 0.251 e. The van der Waals surface area contributed by atoms with Crippen LogP contribution in [0.15, 0.2) is 41.8 Å². The Hall–Kier alpha value is -3.00. The SMILES string of the molecule is O=C(N[C@@H]1CCN(c2cc(-c3cccs3)[nH]n2)C1)c1ccc2c(c1)OCO2. The fourth-order valence-electron chi connectivity index (χ4n) is 3.42. The van der Waals surface area contributed by atoms with Crippen LogP contribution in [-0.4, -0.2) is 42.0 Å². The first kappa shape index (κ1) is 16.2. The monoisotopic (exact) mass is 382 g/mol. The summed E-state index contributed by atoms with van der Waals surface area (Å²) in [5.41, 5.74) is 1.60. The van der Waals surface area contributed by atoms with Gasteiger partial charge < -0.3 is 19.7 Å². The highest BCUT2D eigenvalue weighted by Crippen LogP contribution is 2.32. The maximum atomic E-state index is 12.6. The molecule has 2 aliphatic rings. The van der Waals surface area contributed by atoms with Gasteiger partial charge in [-0.05, 0) is 36.1 Å². The predicted molar refractivity (Wildman–Crippen MR) is 103 cm³/mol. The molecule has 2 aliphatic heterocycles. The Morgan fingerprint density at radius 3 is 3.07 bits per heavy atom. The number of carbonyl (C=O) groups excluding carboxylic acids is 1. The Morgan fingerprint density at radius 1 is 1.26 bits per heavy atom. The van der Waals surface area contributed by atoms with E-state index in [-0.39, 0.29) is 18.7 Å². The number of carbonyl (C=O) groups is 1. The molecule has 8 heteroatoms. The van der Waals surface area contributed by atoms with Crippen molar-refractivity contribution in [3.8, 4) is 22.1 Å². The average molecular weight is 382 g/mol. The molecule has 7 nitrogen and oxygen atoms in total. The van der Waals surface area contributed by atoms with Crippen molar-refractivity contribution in [3.63, 3.8) is 0 Å². The van der Waals surface area contributed by atoms with Gasteiger partial charge in [0.1, 0.15) is 0 Å². The first-order chi connectivity index (χ1) is 13.3. The van der Waals surface area contributed by atoms with E-state index >= 15 is 0 Å². The smallest absolute Gasteiger partial charge is 0.251 e. The van der Waals surface area contributed by atoms with Crippen LogP contribution in [0.4, 0.5) is 5.82 Å². The van der Waals surface area contributed by atoms with Crippen molar-refractivity contribution in [2.24, 2.45) is 0 Å². The second-order valence-corrected chi connectivity index (χ2v) is 7.54. The number of amides is 1. The average Bonchev–Trinajstić information content (AvgIpc) is 3.47. The Kier molecular flexibility index (Phi) is 3.97. The van der Waals surface area contributed by atoms with Gasteiger partial charge in [0.25, 0.3) is 5.91 Å². The van der Waals surface area contributed by atoms with Crippen molar-refractivity contribution in [3.05, 3.63) is 47.3 Å². The standard InChI is InChI=1S/C19H18N4O3S/c24-19(12-3-4-15-16(8-12)26-11-25-15)20-13-5-6-23(10-13)18-9-14(21-22-18)17-2-1-7-27-17/h1-4,7-9,13H,5-6,10-11H2,(H,20,24)(H,21,22)/t13-/m1/s1. The van der Waals surface area contributed by atoms with Crippen LogP contribution in [0.1, 0.15) is 16.8 Å². The largest absolute Gasteiger partial charge is 0.454 e.